The van der Waals surface area contributed by atoms with Crippen LogP contribution in [0.15, 0.2) is 43.6 Å². The first-order valence-corrected chi connectivity index (χ1v) is 7.99. The van der Waals surface area contributed by atoms with Crippen LogP contribution in [-0.2, 0) is 10.8 Å². The number of benzene rings is 1. The zero-order valence-electron chi connectivity index (χ0n) is 8.52. The van der Waals surface area contributed by atoms with Crippen molar-refractivity contribution in [2.45, 2.75) is 14.0 Å². The Balaban J connectivity index is 2.06. The van der Waals surface area contributed by atoms with Gasteiger partial charge in [-0.25, -0.2) is 0 Å². The van der Waals surface area contributed by atoms with E-state index in [2.05, 4.69) is 16.8 Å². The SMILES string of the molecule is CS(=O)c1ccc2c(c1)Nc1ccsc1S2. The molecule has 1 aromatic heterocycles. The number of hydrogen-bond donors (Lipinski definition) is 1. The van der Waals surface area contributed by atoms with Crippen molar-refractivity contribution >= 4 is 45.3 Å². The fourth-order valence-electron chi connectivity index (χ4n) is 1.59. The van der Waals surface area contributed by atoms with Crippen LogP contribution in [0.1, 0.15) is 0 Å². The van der Waals surface area contributed by atoms with Gasteiger partial charge in [-0.05, 0) is 29.6 Å². The Morgan fingerprint density at radius 1 is 1.25 bits per heavy atom. The van der Waals surface area contributed by atoms with Gasteiger partial charge in [-0.2, -0.15) is 0 Å². The maximum absolute atomic E-state index is 11.4. The van der Waals surface area contributed by atoms with Gasteiger partial charge in [-0.1, -0.05) is 11.8 Å². The molecule has 1 unspecified atom stereocenters. The molecule has 2 heterocycles. The lowest BCUT2D eigenvalue weighted by Crippen LogP contribution is -1.98. The molecule has 3 rings (SSSR count). The molecule has 1 atom stereocenters. The van der Waals surface area contributed by atoms with Crippen LogP contribution < -0.4 is 5.32 Å². The highest BCUT2D eigenvalue weighted by Crippen LogP contribution is 2.47. The summed E-state index contributed by atoms with van der Waals surface area (Å²) in [7, 11) is -0.922. The van der Waals surface area contributed by atoms with Crippen molar-refractivity contribution in [3.63, 3.8) is 0 Å². The monoisotopic (exact) mass is 267 g/mol. The van der Waals surface area contributed by atoms with Gasteiger partial charge >= 0.3 is 0 Å². The fraction of sp³-hybridized carbons (Fsp3) is 0.0909. The Bertz CT molecular complexity index is 576. The van der Waals surface area contributed by atoms with E-state index in [1.807, 2.05) is 18.2 Å². The maximum Gasteiger partial charge on any atom is 0.0882 e. The van der Waals surface area contributed by atoms with E-state index in [0.717, 1.165) is 16.3 Å². The summed E-state index contributed by atoms with van der Waals surface area (Å²) >= 11 is 3.51. The van der Waals surface area contributed by atoms with Crippen molar-refractivity contribution in [2.75, 3.05) is 11.6 Å². The highest BCUT2D eigenvalue weighted by molar-refractivity contribution is 8.01. The lowest BCUT2D eigenvalue weighted by molar-refractivity contribution is 0.687. The third-order valence-electron chi connectivity index (χ3n) is 2.38. The average Bonchev–Trinajstić information content (AvgIpc) is 2.71. The molecule has 2 aromatic rings. The predicted octanol–water partition coefficient (Wildman–Crippen LogP) is 3.69. The molecule has 0 saturated carbocycles. The first-order chi connectivity index (χ1) is 7.74. The minimum absolute atomic E-state index is 0.866. The Hall–Kier alpha value is -0.780. The summed E-state index contributed by atoms with van der Waals surface area (Å²) in [4.78, 5) is 2.06. The molecular formula is C11H9NOS3. The molecule has 16 heavy (non-hydrogen) atoms. The van der Waals surface area contributed by atoms with Crippen molar-refractivity contribution in [1.29, 1.82) is 0 Å². The third kappa shape index (κ3) is 1.69. The average molecular weight is 267 g/mol. The molecule has 0 saturated heterocycles. The van der Waals surface area contributed by atoms with Crippen LogP contribution in [0.3, 0.4) is 0 Å². The number of anilines is 2. The van der Waals surface area contributed by atoms with Gasteiger partial charge in [0.1, 0.15) is 0 Å². The summed E-state index contributed by atoms with van der Waals surface area (Å²) in [5.74, 6) is 0. The molecule has 1 aromatic carbocycles. The van der Waals surface area contributed by atoms with Gasteiger partial charge in [0.15, 0.2) is 0 Å². The van der Waals surface area contributed by atoms with Crippen LogP contribution in [0.25, 0.3) is 0 Å². The summed E-state index contributed by atoms with van der Waals surface area (Å²) in [6.07, 6.45) is 1.70. The summed E-state index contributed by atoms with van der Waals surface area (Å²) in [6, 6.07) is 8.01. The number of fused-ring (bicyclic) bond motifs is 2. The number of nitrogens with one attached hydrogen (secondary N) is 1. The molecular weight excluding hydrogens is 258 g/mol. The molecule has 82 valence electrons. The smallest absolute Gasteiger partial charge is 0.0882 e. The Kier molecular flexibility index (Phi) is 2.53. The minimum atomic E-state index is -0.922. The van der Waals surface area contributed by atoms with Crippen molar-refractivity contribution in [2.24, 2.45) is 0 Å². The second-order valence-electron chi connectivity index (χ2n) is 3.46. The second-order valence-corrected chi connectivity index (χ2v) is 7.07. The first kappa shape index (κ1) is 10.4. The van der Waals surface area contributed by atoms with Gasteiger partial charge in [-0.3, -0.25) is 4.21 Å². The molecule has 0 radical (unpaired) electrons. The standard InChI is InChI=1S/C11H9NOS3/c1-16(13)7-2-3-10-9(6-7)12-8-4-5-14-11(8)15-10/h2-6,12H,1H3. The summed E-state index contributed by atoms with van der Waals surface area (Å²) in [5.41, 5.74) is 2.21. The van der Waals surface area contributed by atoms with Gasteiger partial charge in [0.25, 0.3) is 0 Å². The van der Waals surface area contributed by atoms with Crippen LogP contribution in [0.5, 0.6) is 0 Å². The molecule has 1 N–H and O–H groups in total. The molecule has 0 aliphatic carbocycles. The quantitative estimate of drug-likeness (QED) is 0.729. The summed E-state index contributed by atoms with van der Waals surface area (Å²) < 4.78 is 12.7. The zero-order chi connectivity index (χ0) is 11.1. The highest BCUT2D eigenvalue weighted by Gasteiger charge is 2.17. The molecule has 0 amide bonds. The first-order valence-electron chi connectivity index (χ1n) is 4.74. The van der Waals surface area contributed by atoms with Crippen LogP contribution in [0.4, 0.5) is 11.4 Å². The Labute approximate surface area is 105 Å². The molecule has 0 fully saturated rings. The summed E-state index contributed by atoms with van der Waals surface area (Å²) in [6.45, 7) is 0. The van der Waals surface area contributed by atoms with Crippen LogP contribution in [0.2, 0.25) is 0 Å². The van der Waals surface area contributed by atoms with Crippen molar-refractivity contribution in [3.05, 3.63) is 29.6 Å². The molecule has 2 nitrogen and oxygen atoms in total. The van der Waals surface area contributed by atoms with E-state index in [1.54, 1.807) is 29.4 Å². The highest BCUT2D eigenvalue weighted by atomic mass is 32.2. The number of thiophene rings is 1. The fourth-order valence-corrected chi connectivity index (χ4v) is 4.12. The molecule has 0 spiro atoms. The van der Waals surface area contributed by atoms with Crippen LogP contribution >= 0.6 is 23.1 Å². The van der Waals surface area contributed by atoms with Gasteiger partial charge < -0.3 is 5.32 Å². The van der Waals surface area contributed by atoms with Crippen molar-refractivity contribution in [3.8, 4) is 0 Å². The Morgan fingerprint density at radius 2 is 2.12 bits per heavy atom. The summed E-state index contributed by atoms with van der Waals surface area (Å²) in [5, 5.41) is 5.45. The molecule has 0 bridgehead atoms. The van der Waals surface area contributed by atoms with Crippen molar-refractivity contribution < 1.29 is 4.21 Å². The molecule has 1 aliphatic rings. The lowest BCUT2D eigenvalue weighted by Gasteiger charge is -2.17. The van der Waals surface area contributed by atoms with E-state index >= 15 is 0 Å². The van der Waals surface area contributed by atoms with Gasteiger partial charge in [0, 0.05) is 26.8 Å². The van der Waals surface area contributed by atoms with Crippen molar-refractivity contribution in [1.82, 2.24) is 0 Å². The zero-order valence-corrected chi connectivity index (χ0v) is 11.0. The van der Waals surface area contributed by atoms with Crippen LogP contribution in [-0.4, -0.2) is 10.5 Å². The predicted molar refractivity (Wildman–Crippen MR) is 70.5 cm³/mol. The van der Waals surface area contributed by atoms with Crippen LogP contribution in [0, 0.1) is 0 Å². The van der Waals surface area contributed by atoms with E-state index in [1.165, 1.54) is 9.10 Å². The maximum atomic E-state index is 11.4. The van der Waals surface area contributed by atoms with E-state index in [9.17, 15) is 4.21 Å². The number of rotatable bonds is 1. The second kappa shape index (κ2) is 3.91. The van der Waals surface area contributed by atoms with E-state index in [0.29, 0.717) is 0 Å². The molecule has 5 heteroatoms. The Morgan fingerprint density at radius 3 is 2.94 bits per heavy atom. The largest absolute Gasteiger partial charge is 0.353 e. The van der Waals surface area contributed by atoms with Gasteiger partial charge in [-0.15, -0.1) is 11.3 Å². The van der Waals surface area contributed by atoms with E-state index in [4.69, 9.17) is 0 Å². The molecule has 1 aliphatic heterocycles. The minimum Gasteiger partial charge on any atom is -0.353 e. The normalized spacial score (nSPS) is 14.8. The number of hydrogen-bond acceptors (Lipinski definition) is 4. The third-order valence-corrected chi connectivity index (χ3v) is 5.53. The van der Waals surface area contributed by atoms with Gasteiger partial charge in [0.2, 0.25) is 0 Å². The topological polar surface area (TPSA) is 29.1 Å². The van der Waals surface area contributed by atoms with E-state index in [-0.39, 0.29) is 0 Å². The lowest BCUT2D eigenvalue weighted by atomic mass is 10.3. The van der Waals surface area contributed by atoms with E-state index < -0.39 is 10.8 Å². The van der Waals surface area contributed by atoms with Gasteiger partial charge in [0.05, 0.1) is 15.6 Å².